The van der Waals surface area contributed by atoms with Crippen LogP contribution in [-0.4, -0.2) is 31.3 Å². The summed E-state index contributed by atoms with van der Waals surface area (Å²) in [5.74, 6) is 0.641. The summed E-state index contributed by atoms with van der Waals surface area (Å²) in [6.45, 7) is 3.25. The van der Waals surface area contributed by atoms with Gasteiger partial charge in [-0.2, -0.15) is 5.10 Å². The number of fused-ring (bicyclic) bond motifs is 2. The average molecular weight is 365 g/mol. The molecule has 0 aliphatic carbocycles. The Hall–Kier alpha value is -2.96. The van der Waals surface area contributed by atoms with Crippen LogP contribution in [0.25, 0.3) is 10.8 Å². The van der Waals surface area contributed by atoms with Crippen molar-refractivity contribution in [2.24, 2.45) is 0 Å². The molecule has 1 atom stereocenters. The second kappa shape index (κ2) is 7.34. The zero-order chi connectivity index (χ0) is 18.8. The molecule has 0 bridgehead atoms. The molecule has 2 aromatic heterocycles. The van der Waals surface area contributed by atoms with Gasteiger partial charge in [-0.3, -0.25) is 14.3 Å². The molecule has 3 heterocycles. The molecule has 1 amide bonds. The Balaban J connectivity index is 1.45. The fourth-order valence-corrected chi connectivity index (χ4v) is 3.60. The Morgan fingerprint density at radius 3 is 2.89 bits per heavy atom. The zero-order valence-corrected chi connectivity index (χ0v) is 15.4. The Morgan fingerprint density at radius 1 is 1.26 bits per heavy atom. The van der Waals surface area contributed by atoms with Crippen LogP contribution in [0.4, 0.5) is 0 Å². The SMILES string of the molecule is CCCn1nc2n(c1=O)CCC(NC(=O)c1cc3ccccc3cn1)CC2. The van der Waals surface area contributed by atoms with Crippen LogP contribution in [0.1, 0.15) is 42.5 Å². The van der Waals surface area contributed by atoms with Gasteiger partial charge < -0.3 is 5.32 Å². The maximum Gasteiger partial charge on any atom is 0.345 e. The van der Waals surface area contributed by atoms with Crippen molar-refractivity contribution in [3.05, 3.63) is 58.5 Å². The van der Waals surface area contributed by atoms with E-state index >= 15 is 0 Å². The molecular weight excluding hydrogens is 342 g/mol. The van der Waals surface area contributed by atoms with E-state index < -0.39 is 0 Å². The minimum Gasteiger partial charge on any atom is -0.348 e. The average Bonchev–Trinajstić information content (AvgIpc) is 2.85. The quantitative estimate of drug-likeness (QED) is 0.768. The Morgan fingerprint density at radius 2 is 2.07 bits per heavy atom. The molecule has 0 saturated carbocycles. The molecule has 1 N–H and O–H groups in total. The van der Waals surface area contributed by atoms with Gasteiger partial charge in [-0.15, -0.1) is 0 Å². The summed E-state index contributed by atoms with van der Waals surface area (Å²) in [4.78, 5) is 29.3. The molecule has 0 spiro atoms. The molecule has 1 aliphatic rings. The third-order valence-corrected chi connectivity index (χ3v) is 5.05. The number of rotatable bonds is 4. The number of carbonyl (C=O) groups is 1. The van der Waals surface area contributed by atoms with Crippen LogP contribution in [0.5, 0.6) is 0 Å². The number of aromatic nitrogens is 4. The topological polar surface area (TPSA) is 81.8 Å². The van der Waals surface area contributed by atoms with Crippen molar-refractivity contribution >= 4 is 16.7 Å². The minimum atomic E-state index is -0.173. The Kier molecular flexibility index (Phi) is 4.75. The second-order valence-electron chi connectivity index (χ2n) is 6.99. The lowest BCUT2D eigenvalue weighted by Crippen LogP contribution is -2.36. The summed E-state index contributed by atoms with van der Waals surface area (Å²) >= 11 is 0. The molecule has 3 aromatic rings. The highest BCUT2D eigenvalue weighted by atomic mass is 16.2. The van der Waals surface area contributed by atoms with E-state index in [1.807, 2.05) is 37.3 Å². The highest BCUT2D eigenvalue weighted by molar-refractivity contribution is 5.96. The Labute approximate surface area is 157 Å². The van der Waals surface area contributed by atoms with Crippen LogP contribution in [0.15, 0.2) is 41.3 Å². The number of hydrogen-bond donors (Lipinski definition) is 1. The zero-order valence-electron chi connectivity index (χ0n) is 15.4. The van der Waals surface area contributed by atoms with Crippen LogP contribution in [0.3, 0.4) is 0 Å². The first-order valence-electron chi connectivity index (χ1n) is 9.48. The second-order valence-corrected chi connectivity index (χ2v) is 6.99. The molecular formula is C20H23N5O2. The third-order valence-electron chi connectivity index (χ3n) is 5.05. The first kappa shape index (κ1) is 17.5. The van der Waals surface area contributed by atoms with Gasteiger partial charge in [0.1, 0.15) is 11.5 Å². The van der Waals surface area contributed by atoms with Crippen molar-refractivity contribution in [3.63, 3.8) is 0 Å². The van der Waals surface area contributed by atoms with Crippen LogP contribution in [-0.2, 0) is 19.5 Å². The van der Waals surface area contributed by atoms with Gasteiger partial charge in [0.2, 0.25) is 0 Å². The van der Waals surface area contributed by atoms with E-state index in [1.54, 1.807) is 15.4 Å². The van der Waals surface area contributed by atoms with Crippen LogP contribution in [0, 0.1) is 0 Å². The molecule has 0 radical (unpaired) electrons. The predicted molar refractivity (Wildman–Crippen MR) is 103 cm³/mol. The summed E-state index contributed by atoms with van der Waals surface area (Å²) in [5, 5.41) is 9.53. The number of nitrogens with zero attached hydrogens (tertiary/aromatic N) is 4. The molecule has 1 aromatic carbocycles. The van der Waals surface area contributed by atoms with Crippen molar-refractivity contribution in [1.29, 1.82) is 0 Å². The Bertz CT molecular complexity index is 1040. The van der Waals surface area contributed by atoms with Gasteiger partial charge in [0.05, 0.1) is 0 Å². The largest absolute Gasteiger partial charge is 0.348 e. The summed E-state index contributed by atoms with van der Waals surface area (Å²) < 4.78 is 3.29. The summed E-state index contributed by atoms with van der Waals surface area (Å²) in [5.41, 5.74) is 0.371. The van der Waals surface area contributed by atoms with Crippen molar-refractivity contribution in [3.8, 4) is 0 Å². The molecule has 0 fully saturated rings. The summed E-state index contributed by atoms with van der Waals surface area (Å²) in [6.07, 6.45) is 4.77. The molecule has 7 nitrogen and oxygen atoms in total. The van der Waals surface area contributed by atoms with Crippen molar-refractivity contribution < 1.29 is 4.79 Å². The molecule has 4 rings (SSSR count). The third kappa shape index (κ3) is 3.49. The van der Waals surface area contributed by atoms with E-state index in [9.17, 15) is 9.59 Å². The molecule has 0 saturated heterocycles. The van der Waals surface area contributed by atoms with Gasteiger partial charge in [-0.05, 0) is 30.7 Å². The van der Waals surface area contributed by atoms with E-state index in [2.05, 4.69) is 15.4 Å². The molecule has 27 heavy (non-hydrogen) atoms. The van der Waals surface area contributed by atoms with E-state index in [1.165, 1.54) is 0 Å². The summed E-state index contributed by atoms with van der Waals surface area (Å²) in [7, 11) is 0. The van der Waals surface area contributed by atoms with Gasteiger partial charge in [-0.25, -0.2) is 9.48 Å². The number of aryl methyl sites for hydroxylation is 2. The minimum absolute atomic E-state index is 0.00601. The van der Waals surface area contributed by atoms with E-state index in [0.29, 0.717) is 31.6 Å². The van der Waals surface area contributed by atoms with Gasteiger partial charge in [0.25, 0.3) is 5.91 Å². The van der Waals surface area contributed by atoms with Gasteiger partial charge >= 0.3 is 5.69 Å². The van der Waals surface area contributed by atoms with Crippen LogP contribution < -0.4 is 11.0 Å². The number of nitrogens with one attached hydrogen (secondary N) is 1. The maximum absolute atomic E-state index is 12.6. The molecule has 7 heteroatoms. The van der Waals surface area contributed by atoms with E-state index in [4.69, 9.17) is 0 Å². The highest BCUT2D eigenvalue weighted by Crippen LogP contribution is 2.15. The lowest BCUT2D eigenvalue weighted by atomic mass is 10.1. The number of benzene rings is 1. The first-order valence-corrected chi connectivity index (χ1v) is 9.48. The van der Waals surface area contributed by atoms with E-state index in [0.717, 1.165) is 29.4 Å². The lowest BCUT2D eigenvalue weighted by Gasteiger charge is -2.15. The number of pyridine rings is 1. The first-order chi connectivity index (χ1) is 13.2. The molecule has 1 unspecified atom stereocenters. The maximum atomic E-state index is 12.6. The summed E-state index contributed by atoms with van der Waals surface area (Å²) in [6, 6.07) is 9.67. The fraction of sp³-hybridized carbons (Fsp3) is 0.400. The van der Waals surface area contributed by atoms with Crippen LogP contribution in [0.2, 0.25) is 0 Å². The smallest absolute Gasteiger partial charge is 0.345 e. The van der Waals surface area contributed by atoms with Gasteiger partial charge in [0.15, 0.2) is 0 Å². The van der Waals surface area contributed by atoms with Crippen molar-refractivity contribution in [2.45, 2.75) is 51.7 Å². The van der Waals surface area contributed by atoms with Gasteiger partial charge in [0, 0.05) is 37.1 Å². The molecule has 140 valence electrons. The van der Waals surface area contributed by atoms with Crippen molar-refractivity contribution in [2.75, 3.05) is 0 Å². The lowest BCUT2D eigenvalue weighted by molar-refractivity contribution is 0.0928. The standard InChI is InChI=1S/C20H23N5O2/c1-2-10-25-20(27)24-11-9-16(7-8-18(24)23-25)22-19(26)17-12-14-5-3-4-6-15(14)13-21-17/h3-6,12-13,16H,2,7-11H2,1H3,(H,22,26). The van der Waals surface area contributed by atoms with Crippen molar-refractivity contribution in [1.82, 2.24) is 24.6 Å². The number of hydrogen-bond acceptors (Lipinski definition) is 4. The fourth-order valence-electron chi connectivity index (χ4n) is 3.60. The molecule has 1 aliphatic heterocycles. The monoisotopic (exact) mass is 365 g/mol. The number of carbonyl (C=O) groups excluding carboxylic acids is 1. The van der Waals surface area contributed by atoms with Gasteiger partial charge in [-0.1, -0.05) is 31.2 Å². The normalized spacial score (nSPS) is 16.7. The van der Waals surface area contributed by atoms with Crippen LogP contribution >= 0.6 is 0 Å². The predicted octanol–water partition coefficient (Wildman–Crippen LogP) is 2.14. The van der Waals surface area contributed by atoms with E-state index in [-0.39, 0.29) is 17.6 Å². The number of amides is 1. The highest BCUT2D eigenvalue weighted by Gasteiger charge is 2.22.